The third kappa shape index (κ3) is 5.26. The minimum absolute atomic E-state index is 0.0520. The molecule has 0 spiro atoms. The van der Waals surface area contributed by atoms with Crippen LogP contribution in [0.1, 0.15) is 40.2 Å². The average molecular weight is 423 g/mol. The topological polar surface area (TPSA) is 67.9 Å². The number of imide groups is 1. The predicted octanol–water partition coefficient (Wildman–Crippen LogP) is 4.72. The Morgan fingerprint density at radius 2 is 1.65 bits per heavy atom. The molecule has 3 rings (SSSR count). The molecule has 2 aromatic rings. The number of nitrogens with one attached hydrogen (secondary N) is 1. The van der Waals surface area contributed by atoms with Crippen LogP contribution in [-0.4, -0.2) is 36.0 Å². The zero-order valence-electron chi connectivity index (χ0n) is 18.8. The van der Waals surface area contributed by atoms with Crippen LogP contribution in [0.15, 0.2) is 54.2 Å². The van der Waals surface area contributed by atoms with Crippen molar-refractivity contribution in [3.8, 4) is 11.5 Å². The van der Waals surface area contributed by atoms with Crippen molar-refractivity contribution in [2.45, 2.75) is 40.7 Å². The number of amides is 2. The lowest BCUT2D eigenvalue weighted by atomic mass is 10.0. The standard InChI is InChI=1S/C25H30N2O4/c1-6-30-21-9-7-8-19(14-21)26-23-22(24(28)27(25(23)29)15-16(2)3)18-10-12-20(13-11-18)31-17(4)5/h7-14,16-17,26H,6,15H2,1-5H3. The lowest BCUT2D eigenvalue weighted by molar-refractivity contribution is -0.137. The number of hydrogen-bond donors (Lipinski definition) is 1. The number of anilines is 1. The van der Waals surface area contributed by atoms with Crippen molar-refractivity contribution in [2.75, 3.05) is 18.5 Å². The van der Waals surface area contributed by atoms with E-state index in [1.807, 2.05) is 83.1 Å². The van der Waals surface area contributed by atoms with Gasteiger partial charge in [0.15, 0.2) is 0 Å². The number of hydrogen-bond acceptors (Lipinski definition) is 5. The fourth-order valence-electron chi connectivity index (χ4n) is 3.44. The van der Waals surface area contributed by atoms with E-state index >= 15 is 0 Å². The van der Waals surface area contributed by atoms with Crippen molar-refractivity contribution in [3.05, 3.63) is 59.8 Å². The van der Waals surface area contributed by atoms with E-state index in [-0.39, 0.29) is 29.5 Å². The molecule has 1 aliphatic rings. The summed E-state index contributed by atoms with van der Waals surface area (Å²) in [5.41, 5.74) is 2.00. The van der Waals surface area contributed by atoms with Crippen LogP contribution in [0.5, 0.6) is 11.5 Å². The van der Waals surface area contributed by atoms with Crippen molar-refractivity contribution < 1.29 is 19.1 Å². The molecular weight excluding hydrogens is 392 g/mol. The first kappa shape index (κ1) is 22.4. The van der Waals surface area contributed by atoms with Gasteiger partial charge in [0.1, 0.15) is 17.2 Å². The van der Waals surface area contributed by atoms with Gasteiger partial charge in [-0.2, -0.15) is 0 Å². The molecule has 2 amide bonds. The molecule has 0 atom stereocenters. The van der Waals surface area contributed by atoms with Gasteiger partial charge in [0, 0.05) is 18.3 Å². The third-order valence-electron chi connectivity index (χ3n) is 4.64. The fraction of sp³-hybridized carbons (Fsp3) is 0.360. The van der Waals surface area contributed by atoms with Gasteiger partial charge in [-0.3, -0.25) is 14.5 Å². The summed E-state index contributed by atoms with van der Waals surface area (Å²) in [5, 5.41) is 3.17. The first-order valence-corrected chi connectivity index (χ1v) is 10.7. The number of benzene rings is 2. The lowest BCUT2D eigenvalue weighted by Crippen LogP contribution is -2.35. The monoisotopic (exact) mass is 422 g/mol. The van der Waals surface area contributed by atoms with E-state index in [2.05, 4.69) is 5.32 Å². The Kier molecular flexibility index (Phi) is 7.00. The van der Waals surface area contributed by atoms with Crippen LogP contribution >= 0.6 is 0 Å². The van der Waals surface area contributed by atoms with Crippen LogP contribution in [0.2, 0.25) is 0 Å². The molecule has 0 saturated heterocycles. The number of carbonyl (C=O) groups excluding carboxylic acids is 2. The maximum atomic E-state index is 13.2. The average Bonchev–Trinajstić information content (AvgIpc) is 2.93. The summed E-state index contributed by atoms with van der Waals surface area (Å²) in [5.74, 6) is 0.962. The van der Waals surface area contributed by atoms with Crippen molar-refractivity contribution in [2.24, 2.45) is 5.92 Å². The molecule has 1 N–H and O–H groups in total. The quantitative estimate of drug-likeness (QED) is 0.592. The van der Waals surface area contributed by atoms with Gasteiger partial charge < -0.3 is 14.8 Å². The Bertz CT molecular complexity index is 977. The van der Waals surface area contributed by atoms with Crippen LogP contribution in [0.25, 0.3) is 5.57 Å². The van der Waals surface area contributed by atoms with Crippen LogP contribution in [0.3, 0.4) is 0 Å². The minimum atomic E-state index is -0.321. The third-order valence-corrected chi connectivity index (χ3v) is 4.64. The fourth-order valence-corrected chi connectivity index (χ4v) is 3.44. The van der Waals surface area contributed by atoms with E-state index in [1.165, 1.54) is 4.90 Å². The zero-order chi connectivity index (χ0) is 22.5. The second-order valence-corrected chi connectivity index (χ2v) is 8.14. The van der Waals surface area contributed by atoms with Gasteiger partial charge in [-0.15, -0.1) is 0 Å². The van der Waals surface area contributed by atoms with E-state index in [4.69, 9.17) is 9.47 Å². The van der Waals surface area contributed by atoms with Crippen LogP contribution in [0.4, 0.5) is 5.69 Å². The molecule has 6 heteroatoms. The van der Waals surface area contributed by atoms with Crippen LogP contribution < -0.4 is 14.8 Å². The van der Waals surface area contributed by atoms with Gasteiger partial charge in [0.2, 0.25) is 0 Å². The summed E-state index contributed by atoms with van der Waals surface area (Å²) < 4.78 is 11.3. The summed E-state index contributed by atoms with van der Waals surface area (Å²) in [4.78, 5) is 27.7. The predicted molar refractivity (Wildman–Crippen MR) is 122 cm³/mol. The molecule has 1 aliphatic heterocycles. The number of ether oxygens (including phenoxy) is 2. The maximum absolute atomic E-state index is 13.2. The largest absolute Gasteiger partial charge is 0.494 e. The summed E-state index contributed by atoms with van der Waals surface area (Å²) in [6.45, 7) is 10.7. The molecule has 1 heterocycles. The molecule has 164 valence electrons. The lowest BCUT2D eigenvalue weighted by Gasteiger charge is -2.17. The minimum Gasteiger partial charge on any atom is -0.494 e. The van der Waals surface area contributed by atoms with E-state index in [0.29, 0.717) is 41.5 Å². The Morgan fingerprint density at radius 1 is 0.935 bits per heavy atom. The molecule has 6 nitrogen and oxygen atoms in total. The van der Waals surface area contributed by atoms with Gasteiger partial charge in [0.05, 0.1) is 18.3 Å². The molecule has 0 fully saturated rings. The summed E-state index contributed by atoms with van der Waals surface area (Å²) in [6, 6.07) is 14.6. The zero-order valence-corrected chi connectivity index (χ0v) is 18.8. The SMILES string of the molecule is CCOc1cccc(NC2=C(c3ccc(OC(C)C)cc3)C(=O)N(CC(C)C)C2=O)c1. The second kappa shape index (κ2) is 9.69. The van der Waals surface area contributed by atoms with Crippen LogP contribution in [-0.2, 0) is 9.59 Å². The number of nitrogens with zero attached hydrogens (tertiary/aromatic N) is 1. The van der Waals surface area contributed by atoms with Crippen molar-refractivity contribution in [1.29, 1.82) is 0 Å². The second-order valence-electron chi connectivity index (χ2n) is 8.14. The van der Waals surface area contributed by atoms with Gasteiger partial charge in [-0.05, 0) is 56.5 Å². The van der Waals surface area contributed by atoms with Gasteiger partial charge in [-0.25, -0.2) is 0 Å². The summed E-state index contributed by atoms with van der Waals surface area (Å²) in [7, 11) is 0. The molecule has 0 saturated carbocycles. The highest BCUT2D eigenvalue weighted by atomic mass is 16.5. The van der Waals surface area contributed by atoms with Crippen molar-refractivity contribution >= 4 is 23.1 Å². The first-order valence-electron chi connectivity index (χ1n) is 10.7. The molecule has 0 bridgehead atoms. The van der Waals surface area contributed by atoms with E-state index in [1.54, 1.807) is 0 Å². The maximum Gasteiger partial charge on any atom is 0.278 e. The number of rotatable bonds is 9. The highest BCUT2D eigenvalue weighted by Crippen LogP contribution is 2.32. The normalized spacial score (nSPS) is 14.1. The van der Waals surface area contributed by atoms with Gasteiger partial charge in [-0.1, -0.05) is 32.0 Å². The summed E-state index contributed by atoms with van der Waals surface area (Å²) >= 11 is 0. The molecule has 31 heavy (non-hydrogen) atoms. The molecule has 0 aromatic heterocycles. The van der Waals surface area contributed by atoms with E-state index in [9.17, 15) is 9.59 Å². The van der Waals surface area contributed by atoms with Crippen molar-refractivity contribution in [3.63, 3.8) is 0 Å². The molecule has 0 radical (unpaired) electrons. The molecule has 0 unspecified atom stereocenters. The van der Waals surface area contributed by atoms with Crippen LogP contribution in [0, 0.1) is 5.92 Å². The Morgan fingerprint density at radius 3 is 2.26 bits per heavy atom. The van der Waals surface area contributed by atoms with E-state index < -0.39 is 0 Å². The molecule has 2 aromatic carbocycles. The molecule has 0 aliphatic carbocycles. The Balaban J connectivity index is 2.00. The highest BCUT2D eigenvalue weighted by Gasteiger charge is 2.39. The molecular formula is C25H30N2O4. The summed E-state index contributed by atoms with van der Waals surface area (Å²) in [6.07, 6.45) is 0.0520. The smallest absolute Gasteiger partial charge is 0.278 e. The Labute approximate surface area is 183 Å². The first-order chi connectivity index (χ1) is 14.8. The van der Waals surface area contributed by atoms with Crippen molar-refractivity contribution in [1.82, 2.24) is 4.90 Å². The van der Waals surface area contributed by atoms with Gasteiger partial charge in [0.25, 0.3) is 11.8 Å². The highest BCUT2D eigenvalue weighted by molar-refractivity contribution is 6.36. The Hall–Kier alpha value is -3.28. The van der Waals surface area contributed by atoms with Gasteiger partial charge >= 0.3 is 0 Å². The number of carbonyl (C=O) groups is 2. The van der Waals surface area contributed by atoms with E-state index in [0.717, 1.165) is 0 Å².